The molecule has 0 radical (unpaired) electrons. The molecule has 0 spiro atoms. The molecule has 1 aromatic rings. The average molecular weight is 266 g/mol. The van der Waals surface area contributed by atoms with Crippen molar-refractivity contribution >= 4 is 11.6 Å². The number of nitrogens with two attached hydrogens (primary N) is 1. The fraction of sp³-hybridized carbons (Fsp3) is 0.462. The van der Waals surface area contributed by atoms with Gasteiger partial charge in [0.15, 0.2) is 0 Å². The summed E-state index contributed by atoms with van der Waals surface area (Å²) in [5, 5.41) is 3.15. The predicted octanol–water partition coefficient (Wildman–Crippen LogP) is 1.10. The number of nitrogens with one attached hydrogen (secondary N) is 2. The highest BCUT2D eigenvalue weighted by molar-refractivity contribution is 5.93. The lowest BCUT2D eigenvalue weighted by Crippen LogP contribution is -2.36. The van der Waals surface area contributed by atoms with Gasteiger partial charge in [0.1, 0.15) is 0 Å². The van der Waals surface area contributed by atoms with Gasteiger partial charge in [-0.25, -0.2) is 5.84 Å². The SMILES string of the molecule is COCCCN=C(NN)Nc1ccccc1COC. The van der Waals surface area contributed by atoms with E-state index < -0.39 is 0 Å². The molecule has 0 amide bonds. The first-order chi connectivity index (χ1) is 9.31. The van der Waals surface area contributed by atoms with E-state index in [-0.39, 0.29) is 0 Å². The molecule has 1 aromatic carbocycles. The Morgan fingerprint density at radius 2 is 2.05 bits per heavy atom. The van der Waals surface area contributed by atoms with Crippen LogP contribution in [0, 0.1) is 0 Å². The summed E-state index contributed by atoms with van der Waals surface area (Å²) in [6.45, 7) is 1.86. The van der Waals surface area contributed by atoms with Crippen molar-refractivity contribution in [2.24, 2.45) is 10.8 Å². The van der Waals surface area contributed by atoms with Crippen LogP contribution >= 0.6 is 0 Å². The summed E-state index contributed by atoms with van der Waals surface area (Å²) in [5.74, 6) is 5.98. The largest absolute Gasteiger partial charge is 0.385 e. The van der Waals surface area contributed by atoms with Crippen LogP contribution in [0.3, 0.4) is 0 Å². The number of nitrogens with zero attached hydrogens (tertiary/aromatic N) is 1. The number of rotatable bonds is 7. The van der Waals surface area contributed by atoms with Gasteiger partial charge in [0.2, 0.25) is 5.96 Å². The summed E-state index contributed by atoms with van der Waals surface area (Å²) in [6.07, 6.45) is 0.850. The van der Waals surface area contributed by atoms with E-state index in [1.54, 1.807) is 14.2 Å². The molecule has 0 atom stereocenters. The van der Waals surface area contributed by atoms with Gasteiger partial charge in [-0.2, -0.15) is 0 Å². The third-order valence-electron chi connectivity index (χ3n) is 2.48. The second-order valence-corrected chi connectivity index (χ2v) is 3.94. The summed E-state index contributed by atoms with van der Waals surface area (Å²) in [4.78, 5) is 4.32. The van der Waals surface area contributed by atoms with Crippen LogP contribution in [-0.4, -0.2) is 33.3 Å². The molecule has 6 heteroatoms. The number of hydrogen-bond acceptors (Lipinski definition) is 4. The van der Waals surface area contributed by atoms with Gasteiger partial charge in [0.05, 0.1) is 6.61 Å². The maximum absolute atomic E-state index is 5.45. The molecule has 0 saturated heterocycles. The Kier molecular flexibility index (Phi) is 7.57. The Labute approximate surface area is 114 Å². The van der Waals surface area contributed by atoms with E-state index in [9.17, 15) is 0 Å². The number of benzene rings is 1. The second kappa shape index (κ2) is 9.32. The first kappa shape index (κ1) is 15.4. The molecule has 0 aliphatic carbocycles. The molecule has 0 aliphatic rings. The molecule has 1 rings (SSSR count). The maximum Gasteiger partial charge on any atom is 0.210 e. The lowest BCUT2D eigenvalue weighted by Gasteiger charge is -2.13. The van der Waals surface area contributed by atoms with Crippen LogP contribution in [-0.2, 0) is 16.1 Å². The van der Waals surface area contributed by atoms with Crippen LogP contribution < -0.4 is 16.6 Å². The summed E-state index contributed by atoms with van der Waals surface area (Å²) in [6, 6.07) is 7.85. The highest BCUT2D eigenvalue weighted by Crippen LogP contribution is 2.15. The zero-order valence-corrected chi connectivity index (χ0v) is 11.5. The number of methoxy groups -OCH3 is 2. The van der Waals surface area contributed by atoms with Crippen molar-refractivity contribution in [2.75, 3.05) is 32.7 Å². The van der Waals surface area contributed by atoms with Crippen molar-refractivity contribution in [1.29, 1.82) is 0 Å². The van der Waals surface area contributed by atoms with E-state index in [4.69, 9.17) is 15.3 Å². The van der Waals surface area contributed by atoms with Crippen LogP contribution in [0.15, 0.2) is 29.3 Å². The van der Waals surface area contributed by atoms with Gasteiger partial charge in [0, 0.05) is 38.6 Å². The fourth-order valence-corrected chi connectivity index (χ4v) is 1.57. The standard InChI is InChI=1S/C13H22N4O2/c1-18-9-5-8-15-13(17-14)16-12-7-4-3-6-11(12)10-19-2/h3-4,6-7H,5,8-10,14H2,1-2H3,(H2,15,16,17). The van der Waals surface area contributed by atoms with Crippen molar-refractivity contribution in [3.8, 4) is 0 Å². The number of para-hydroxylation sites is 1. The molecule has 0 aliphatic heterocycles. The molecule has 6 nitrogen and oxygen atoms in total. The molecular formula is C13H22N4O2. The number of ether oxygens (including phenoxy) is 2. The van der Waals surface area contributed by atoms with Crippen molar-refractivity contribution in [1.82, 2.24) is 5.43 Å². The number of hydrogen-bond donors (Lipinski definition) is 3. The molecular weight excluding hydrogens is 244 g/mol. The topological polar surface area (TPSA) is 80.9 Å². The van der Waals surface area contributed by atoms with Crippen molar-refractivity contribution < 1.29 is 9.47 Å². The monoisotopic (exact) mass is 266 g/mol. The lowest BCUT2D eigenvalue weighted by molar-refractivity contribution is 0.185. The van der Waals surface area contributed by atoms with Gasteiger partial charge in [-0.3, -0.25) is 10.4 Å². The minimum absolute atomic E-state index is 0.527. The van der Waals surface area contributed by atoms with E-state index in [1.807, 2.05) is 24.3 Å². The molecule has 0 bridgehead atoms. The van der Waals surface area contributed by atoms with Gasteiger partial charge >= 0.3 is 0 Å². The minimum atomic E-state index is 0.527. The number of aliphatic imine (C=N–C) groups is 1. The fourth-order valence-electron chi connectivity index (χ4n) is 1.57. The van der Waals surface area contributed by atoms with Crippen molar-refractivity contribution in [2.45, 2.75) is 13.0 Å². The van der Waals surface area contributed by atoms with Crippen LogP contribution in [0.25, 0.3) is 0 Å². The molecule has 0 saturated carbocycles. The van der Waals surface area contributed by atoms with Crippen LogP contribution in [0.5, 0.6) is 0 Å². The number of hydrazine groups is 1. The quantitative estimate of drug-likeness (QED) is 0.226. The predicted molar refractivity (Wildman–Crippen MR) is 76.9 cm³/mol. The summed E-state index contributed by atoms with van der Waals surface area (Å²) in [7, 11) is 3.34. The molecule has 19 heavy (non-hydrogen) atoms. The Hall–Kier alpha value is -1.63. The van der Waals surface area contributed by atoms with Gasteiger partial charge < -0.3 is 14.8 Å². The van der Waals surface area contributed by atoms with E-state index in [0.717, 1.165) is 17.7 Å². The Morgan fingerprint density at radius 3 is 2.74 bits per heavy atom. The lowest BCUT2D eigenvalue weighted by atomic mass is 10.2. The third-order valence-corrected chi connectivity index (χ3v) is 2.48. The maximum atomic E-state index is 5.45. The summed E-state index contributed by atoms with van der Waals surface area (Å²) >= 11 is 0. The minimum Gasteiger partial charge on any atom is -0.385 e. The number of anilines is 1. The smallest absolute Gasteiger partial charge is 0.210 e. The first-order valence-electron chi connectivity index (χ1n) is 6.15. The zero-order chi connectivity index (χ0) is 13.9. The summed E-state index contributed by atoms with van der Waals surface area (Å²) in [5.41, 5.74) is 4.52. The molecule has 0 heterocycles. The zero-order valence-electron chi connectivity index (χ0n) is 11.5. The highest BCUT2D eigenvalue weighted by atomic mass is 16.5. The normalized spacial score (nSPS) is 11.4. The molecule has 0 fully saturated rings. The molecule has 0 aromatic heterocycles. The van der Waals surface area contributed by atoms with Gasteiger partial charge in [-0.15, -0.1) is 0 Å². The molecule has 106 valence electrons. The van der Waals surface area contributed by atoms with Gasteiger partial charge in [-0.1, -0.05) is 18.2 Å². The van der Waals surface area contributed by atoms with Crippen LogP contribution in [0.4, 0.5) is 5.69 Å². The Morgan fingerprint density at radius 1 is 1.26 bits per heavy atom. The van der Waals surface area contributed by atoms with Crippen LogP contribution in [0.2, 0.25) is 0 Å². The van der Waals surface area contributed by atoms with E-state index in [1.165, 1.54) is 0 Å². The van der Waals surface area contributed by atoms with E-state index >= 15 is 0 Å². The Bertz CT molecular complexity index is 396. The number of guanidine groups is 1. The average Bonchev–Trinajstić information content (AvgIpc) is 2.44. The highest BCUT2D eigenvalue weighted by Gasteiger charge is 2.03. The van der Waals surface area contributed by atoms with Crippen molar-refractivity contribution in [3.05, 3.63) is 29.8 Å². The van der Waals surface area contributed by atoms with Crippen LogP contribution in [0.1, 0.15) is 12.0 Å². The first-order valence-corrected chi connectivity index (χ1v) is 6.15. The second-order valence-electron chi connectivity index (χ2n) is 3.94. The van der Waals surface area contributed by atoms with E-state index in [0.29, 0.717) is 25.7 Å². The Balaban J connectivity index is 2.64. The van der Waals surface area contributed by atoms with Gasteiger partial charge in [0.25, 0.3) is 0 Å². The van der Waals surface area contributed by atoms with Gasteiger partial charge in [-0.05, 0) is 12.5 Å². The third kappa shape index (κ3) is 5.69. The molecule has 0 unspecified atom stereocenters. The summed E-state index contributed by atoms with van der Waals surface area (Å²) < 4.78 is 10.1. The molecule has 4 N–H and O–H groups in total. The van der Waals surface area contributed by atoms with Crippen molar-refractivity contribution in [3.63, 3.8) is 0 Å². The van der Waals surface area contributed by atoms with E-state index in [2.05, 4.69) is 15.7 Å².